The number of thioether (sulfide) groups is 1. The summed E-state index contributed by atoms with van der Waals surface area (Å²) in [6, 6.07) is 12.7. The third kappa shape index (κ3) is 5.45. The van der Waals surface area contributed by atoms with Crippen LogP contribution in [0.3, 0.4) is 0 Å². The average Bonchev–Trinajstić information content (AvgIpc) is 3.15. The van der Waals surface area contributed by atoms with Gasteiger partial charge in [0.1, 0.15) is 5.82 Å². The molecule has 0 saturated heterocycles. The lowest BCUT2D eigenvalue weighted by Gasteiger charge is -2.07. The highest BCUT2D eigenvalue weighted by atomic mass is 32.2. The number of para-hydroxylation sites is 2. The smallest absolute Gasteiger partial charge is 0.277 e. The first-order valence-electron chi connectivity index (χ1n) is 7.90. The number of benzene rings is 2. The molecule has 140 valence electrons. The van der Waals surface area contributed by atoms with Gasteiger partial charge in [-0.25, -0.2) is 4.39 Å². The fourth-order valence-electron chi connectivity index (χ4n) is 2.09. The number of aromatic nitrogens is 2. The highest BCUT2D eigenvalue weighted by Gasteiger charge is 2.11. The minimum Gasteiger partial charge on any atom is -0.493 e. The van der Waals surface area contributed by atoms with Crippen molar-refractivity contribution in [2.24, 2.45) is 0 Å². The minimum atomic E-state index is -0.365. The molecule has 2 aromatic carbocycles. The summed E-state index contributed by atoms with van der Waals surface area (Å²) in [4.78, 5) is 11.9. The van der Waals surface area contributed by atoms with Crippen LogP contribution in [0.25, 0.3) is 0 Å². The van der Waals surface area contributed by atoms with Gasteiger partial charge in [-0.1, -0.05) is 23.9 Å². The van der Waals surface area contributed by atoms with Crippen molar-refractivity contribution < 1.29 is 23.1 Å². The van der Waals surface area contributed by atoms with Crippen LogP contribution in [0.5, 0.6) is 11.5 Å². The van der Waals surface area contributed by atoms with Crippen LogP contribution in [0.1, 0.15) is 5.89 Å². The van der Waals surface area contributed by atoms with Crippen molar-refractivity contribution in [3.8, 4) is 11.5 Å². The zero-order chi connectivity index (χ0) is 19.1. The van der Waals surface area contributed by atoms with E-state index in [1.165, 1.54) is 24.3 Å². The van der Waals surface area contributed by atoms with Crippen LogP contribution in [0.2, 0.25) is 0 Å². The van der Waals surface area contributed by atoms with E-state index in [9.17, 15) is 9.18 Å². The fourth-order valence-corrected chi connectivity index (χ4v) is 2.67. The van der Waals surface area contributed by atoms with Gasteiger partial charge in [-0.05, 0) is 36.4 Å². The lowest BCUT2D eigenvalue weighted by molar-refractivity contribution is -0.113. The van der Waals surface area contributed by atoms with Crippen molar-refractivity contribution in [3.05, 3.63) is 60.2 Å². The van der Waals surface area contributed by atoms with E-state index in [0.29, 0.717) is 17.2 Å². The largest absolute Gasteiger partial charge is 0.493 e. The summed E-state index contributed by atoms with van der Waals surface area (Å²) in [6.45, 7) is 0.0791. The molecule has 7 nitrogen and oxygen atoms in total. The number of halogens is 1. The van der Waals surface area contributed by atoms with Crippen LogP contribution in [0.4, 0.5) is 10.1 Å². The molecule has 27 heavy (non-hydrogen) atoms. The van der Waals surface area contributed by atoms with E-state index in [0.717, 1.165) is 11.8 Å². The molecule has 0 radical (unpaired) electrons. The summed E-state index contributed by atoms with van der Waals surface area (Å²) in [7, 11) is 1.56. The Morgan fingerprint density at radius 1 is 1.15 bits per heavy atom. The first-order chi connectivity index (χ1) is 13.1. The number of methoxy groups -OCH3 is 1. The molecule has 0 bridgehead atoms. The quantitative estimate of drug-likeness (QED) is 0.590. The zero-order valence-electron chi connectivity index (χ0n) is 14.3. The molecular weight excluding hydrogens is 373 g/mol. The van der Waals surface area contributed by atoms with Crippen molar-refractivity contribution >= 4 is 23.4 Å². The number of hydrogen-bond donors (Lipinski definition) is 1. The summed E-state index contributed by atoms with van der Waals surface area (Å²) in [5, 5.41) is 10.7. The number of carbonyl (C=O) groups is 1. The zero-order valence-corrected chi connectivity index (χ0v) is 15.2. The maximum Gasteiger partial charge on any atom is 0.277 e. The highest BCUT2D eigenvalue weighted by molar-refractivity contribution is 7.99. The van der Waals surface area contributed by atoms with Crippen molar-refractivity contribution in [3.63, 3.8) is 0 Å². The van der Waals surface area contributed by atoms with Crippen molar-refractivity contribution in [1.82, 2.24) is 10.2 Å². The lowest BCUT2D eigenvalue weighted by atomic mass is 10.3. The third-order valence-electron chi connectivity index (χ3n) is 3.32. The molecule has 0 spiro atoms. The molecule has 9 heteroatoms. The SMILES string of the molecule is COc1ccccc1OCc1nnc(SCC(=O)Nc2ccc(F)cc2)o1. The Morgan fingerprint density at radius 2 is 1.89 bits per heavy atom. The highest BCUT2D eigenvalue weighted by Crippen LogP contribution is 2.26. The van der Waals surface area contributed by atoms with E-state index in [2.05, 4.69) is 15.5 Å². The van der Waals surface area contributed by atoms with E-state index >= 15 is 0 Å². The second-order valence-corrected chi connectivity index (χ2v) is 6.17. The van der Waals surface area contributed by atoms with Crippen molar-refractivity contribution in [1.29, 1.82) is 0 Å². The summed E-state index contributed by atoms with van der Waals surface area (Å²) >= 11 is 1.09. The molecule has 0 unspecified atom stereocenters. The van der Waals surface area contributed by atoms with Crippen LogP contribution in [-0.2, 0) is 11.4 Å². The van der Waals surface area contributed by atoms with Gasteiger partial charge in [0.05, 0.1) is 12.9 Å². The summed E-state index contributed by atoms with van der Waals surface area (Å²) in [6.07, 6.45) is 0. The van der Waals surface area contributed by atoms with Gasteiger partial charge < -0.3 is 19.2 Å². The first-order valence-corrected chi connectivity index (χ1v) is 8.89. The van der Waals surface area contributed by atoms with Crippen LogP contribution in [0, 0.1) is 5.82 Å². The Hall–Kier alpha value is -3.07. The number of rotatable bonds is 8. The summed E-state index contributed by atoms with van der Waals surface area (Å²) in [5.74, 6) is 0.886. The van der Waals surface area contributed by atoms with Gasteiger partial charge in [-0.3, -0.25) is 4.79 Å². The Labute approximate surface area is 158 Å². The van der Waals surface area contributed by atoms with E-state index < -0.39 is 0 Å². The van der Waals surface area contributed by atoms with E-state index in [1.807, 2.05) is 12.1 Å². The topological polar surface area (TPSA) is 86.5 Å². The first kappa shape index (κ1) is 18.7. The van der Waals surface area contributed by atoms with Crippen molar-refractivity contribution in [2.75, 3.05) is 18.2 Å². The number of amides is 1. The van der Waals surface area contributed by atoms with E-state index in [-0.39, 0.29) is 35.2 Å². The molecule has 1 N–H and O–H groups in total. The van der Waals surface area contributed by atoms with E-state index in [1.54, 1.807) is 19.2 Å². The Balaban J connectivity index is 1.47. The Bertz CT molecular complexity index is 902. The summed E-state index contributed by atoms with van der Waals surface area (Å²) in [5.41, 5.74) is 0.512. The van der Waals surface area contributed by atoms with Gasteiger partial charge in [0.25, 0.3) is 11.1 Å². The molecule has 0 aliphatic heterocycles. The van der Waals surface area contributed by atoms with Gasteiger partial charge in [-0.15, -0.1) is 10.2 Å². The number of nitrogens with zero attached hydrogens (tertiary/aromatic N) is 2. The van der Waals surface area contributed by atoms with Gasteiger partial charge >= 0.3 is 0 Å². The number of ether oxygens (including phenoxy) is 2. The molecule has 3 aromatic rings. The average molecular weight is 389 g/mol. The molecular formula is C18H16FN3O4S. The molecule has 0 atom stereocenters. The molecule has 0 fully saturated rings. The predicted octanol–water partition coefficient (Wildman–Crippen LogP) is 3.53. The lowest BCUT2D eigenvalue weighted by Crippen LogP contribution is -2.13. The van der Waals surface area contributed by atoms with Crippen LogP contribution >= 0.6 is 11.8 Å². The molecule has 1 amide bonds. The van der Waals surface area contributed by atoms with E-state index in [4.69, 9.17) is 13.9 Å². The monoisotopic (exact) mass is 389 g/mol. The van der Waals surface area contributed by atoms with Crippen LogP contribution < -0.4 is 14.8 Å². The molecule has 0 aliphatic rings. The normalized spacial score (nSPS) is 10.4. The minimum absolute atomic E-state index is 0.0758. The van der Waals surface area contributed by atoms with Crippen molar-refractivity contribution in [2.45, 2.75) is 11.8 Å². The van der Waals surface area contributed by atoms with Gasteiger partial charge in [0.2, 0.25) is 5.91 Å². The third-order valence-corrected chi connectivity index (χ3v) is 4.14. The fraction of sp³-hybridized carbons (Fsp3) is 0.167. The van der Waals surface area contributed by atoms with Gasteiger partial charge in [0.15, 0.2) is 18.1 Å². The standard InChI is InChI=1S/C18H16FN3O4S/c1-24-14-4-2-3-5-15(14)25-10-17-21-22-18(26-17)27-11-16(23)20-13-8-6-12(19)7-9-13/h2-9H,10-11H2,1H3,(H,20,23). The molecule has 0 saturated carbocycles. The molecule has 1 aromatic heterocycles. The van der Waals surface area contributed by atoms with Crippen LogP contribution in [-0.4, -0.2) is 29.0 Å². The van der Waals surface area contributed by atoms with Gasteiger partial charge in [0, 0.05) is 5.69 Å². The van der Waals surface area contributed by atoms with Gasteiger partial charge in [-0.2, -0.15) is 0 Å². The molecule has 0 aliphatic carbocycles. The van der Waals surface area contributed by atoms with Crippen LogP contribution in [0.15, 0.2) is 58.2 Å². The number of anilines is 1. The Kier molecular flexibility index (Phi) is 6.26. The summed E-state index contributed by atoms with van der Waals surface area (Å²) < 4.78 is 29.1. The second-order valence-electron chi connectivity index (χ2n) is 5.24. The number of nitrogens with one attached hydrogen (secondary N) is 1. The second kappa shape index (κ2) is 9.04. The number of hydrogen-bond acceptors (Lipinski definition) is 7. The Morgan fingerprint density at radius 3 is 2.63 bits per heavy atom. The molecule has 3 rings (SSSR count). The maximum atomic E-state index is 12.8. The predicted molar refractivity (Wildman–Crippen MR) is 97.4 cm³/mol. The molecule has 1 heterocycles. The number of carbonyl (C=O) groups excluding carboxylic acids is 1. The maximum absolute atomic E-state index is 12.8.